The summed E-state index contributed by atoms with van der Waals surface area (Å²) in [6, 6.07) is 17.6. The number of aryl methyl sites for hydroxylation is 2. The maximum absolute atomic E-state index is 13.4. The van der Waals surface area contributed by atoms with E-state index >= 15 is 0 Å². The zero-order chi connectivity index (χ0) is 44.1. The van der Waals surface area contributed by atoms with E-state index in [0.29, 0.717) is 13.2 Å². The summed E-state index contributed by atoms with van der Waals surface area (Å²) in [5, 5.41) is 1.39. The number of aromatic nitrogens is 2. The highest BCUT2D eigenvalue weighted by Gasteiger charge is 2.30. The van der Waals surface area contributed by atoms with Crippen molar-refractivity contribution in [2.45, 2.75) is 39.5 Å². The van der Waals surface area contributed by atoms with E-state index in [1.165, 1.54) is 37.6 Å². The van der Waals surface area contributed by atoms with Gasteiger partial charge >= 0.3 is 0 Å². The summed E-state index contributed by atoms with van der Waals surface area (Å²) in [4.78, 5) is 35.4. The Bertz CT molecular complexity index is 2670. The molecule has 66 heavy (non-hydrogen) atoms. The molecule has 7 aliphatic heterocycles. The van der Waals surface area contributed by atoms with Gasteiger partial charge in [0.25, 0.3) is 0 Å². The number of ether oxygens (including phenoxy) is 5. The van der Waals surface area contributed by atoms with Gasteiger partial charge in [0.2, 0.25) is 10.8 Å². The predicted molar refractivity (Wildman–Crippen MR) is 265 cm³/mol. The normalized spacial score (nSPS) is 18.5. The molecule has 9 aliphatic rings. The third-order valence-corrected chi connectivity index (χ3v) is 15.4. The van der Waals surface area contributed by atoms with Gasteiger partial charge in [0.1, 0.15) is 24.6 Å². The topological polar surface area (TPSA) is 105 Å². The third-order valence-electron chi connectivity index (χ3n) is 13.1. The Hall–Kier alpha value is -3.75. The molecule has 0 radical (unpaired) electrons. The molecule has 5 saturated heterocycles. The molecule has 0 aromatic heterocycles. The van der Waals surface area contributed by atoms with Gasteiger partial charge in [-0.3, -0.25) is 4.79 Å². The maximum atomic E-state index is 13.4. The van der Waals surface area contributed by atoms with Gasteiger partial charge in [0, 0.05) is 74.9 Å². The van der Waals surface area contributed by atoms with Crippen LogP contribution in [-0.4, -0.2) is 141 Å². The Balaban J connectivity index is 0.000000165. The van der Waals surface area contributed by atoms with E-state index in [1.807, 2.05) is 17.4 Å². The molecule has 2 aromatic carbocycles. The van der Waals surface area contributed by atoms with Crippen molar-refractivity contribution < 1.29 is 47.7 Å². The van der Waals surface area contributed by atoms with Crippen LogP contribution in [0, 0.1) is 0 Å². The summed E-state index contributed by atoms with van der Waals surface area (Å²) >= 11 is 3.58. The molecule has 0 atom stereocenters. The van der Waals surface area contributed by atoms with Crippen LogP contribution in [0.2, 0.25) is 0 Å². The Kier molecular flexibility index (Phi) is 15.9. The second-order valence-electron chi connectivity index (χ2n) is 17.4. The van der Waals surface area contributed by atoms with E-state index < -0.39 is 0 Å². The monoisotopic (exact) mass is 1050 g/mol. The van der Waals surface area contributed by atoms with Gasteiger partial charge in [-0.25, -0.2) is 14.5 Å². The molecule has 11 rings (SSSR count). The van der Waals surface area contributed by atoms with Crippen LogP contribution in [0.4, 0.5) is 22.7 Å². The number of hydrogen-bond donors (Lipinski definition) is 0. The van der Waals surface area contributed by atoms with E-state index in [4.69, 9.17) is 33.7 Å². The van der Waals surface area contributed by atoms with Crippen molar-refractivity contribution in [3.63, 3.8) is 0 Å². The molecule has 0 N–H and O–H groups in total. The lowest BCUT2D eigenvalue weighted by atomic mass is 10.0. The largest absolute Gasteiger partial charge is 1.00 e. The zero-order valence-corrected chi connectivity index (χ0v) is 42.2. The Morgan fingerprint density at radius 1 is 0.530 bits per heavy atom. The molecule has 7 heterocycles. The number of nitrogens with zero attached hydrogens (tertiary/aromatic N) is 7. The maximum Gasteiger partial charge on any atom is 0.228 e. The minimum Gasteiger partial charge on any atom is -1.00 e. The predicted octanol–water partition coefficient (Wildman–Crippen LogP) is 3.22. The molecule has 5 fully saturated rings. The Morgan fingerprint density at radius 2 is 0.939 bits per heavy atom. The van der Waals surface area contributed by atoms with Crippen LogP contribution in [0.15, 0.2) is 53.3 Å². The van der Waals surface area contributed by atoms with Crippen LogP contribution in [0.1, 0.15) is 37.8 Å². The van der Waals surface area contributed by atoms with Crippen molar-refractivity contribution in [3.8, 4) is 21.1 Å². The quantitative estimate of drug-likeness (QED) is 0.127. The van der Waals surface area contributed by atoms with E-state index in [2.05, 4.69) is 80.5 Å². The lowest BCUT2D eigenvalue weighted by Gasteiger charge is -2.31. The molecule has 0 unspecified atom stereocenters. The highest BCUT2D eigenvalue weighted by atomic mass is 127. The lowest BCUT2D eigenvalue weighted by Crippen LogP contribution is -3.00. The molecule has 0 bridgehead atoms. The van der Waals surface area contributed by atoms with Crippen LogP contribution in [0.25, 0.3) is 41.6 Å². The van der Waals surface area contributed by atoms with Gasteiger partial charge in [0.15, 0.2) is 13.1 Å². The number of anilines is 4. The number of fused-ring (bicyclic) bond motifs is 4. The molecule has 2 aliphatic carbocycles. The molecule has 352 valence electrons. The molecule has 16 heteroatoms. The smallest absolute Gasteiger partial charge is 0.228 e. The Morgan fingerprint density at radius 3 is 1.42 bits per heavy atom. The van der Waals surface area contributed by atoms with E-state index in [0.717, 1.165) is 187 Å². The van der Waals surface area contributed by atoms with E-state index in [-0.39, 0.29) is 29.4 Å². The number of benzene rings is 4. The van der Waals surface area contributed by atoms with Crippen molar-refractivity contribution >= 4 is 65.9 Å². The van der Waals surface area contributed by atoms with E-state index in [1.54, 1.807) is 11.3 Å². The van der Waals surface area contributed by atoms with E-state index in [9.17, 15) is 4.79 Å². The first kappa shape index (κ1) is 47.3. The van der Waals surface area contributed by atoms with Crippen molar-refractivity contribution in [3.05, 3.63) is 75.2 Å². The summed E-state index contributed by atoms with van der Waals surface area (Å²) in [5.74, 6) is 0. The summed E-state index contributed by atoms with van der Waals surface area (Å²) in [6.45, 7) is 20.8. The third kappa shape index (κ3) is 10.2. The van der Waals surface area contributed by atoms with Gasteiger partial charge in [-0.2, -0.15) is 0 Å². The van der Waals surface area contributed by atoms with Crippen molar-refractivity contribution in [1.29, 1.82) is 0 Å². The SMILES string of the molecule is CCCc1cc2nc3ccc(N4CCOCC4)cc3sc-2c(N2CCOCC2)c1=O.CCCc1cc2nc3ccc(N4CCOCC4)cc3sc-2c(N2CCOCC2)c1=[N+]1CCOCC1.[I-]. The first-order chi connectivity index (χ1) is 32.1. The van der Waals surface area contributed by atoms with Gasteiger partial charge in [0.05, 0.1) is 94.4 Å². The highest BCUT2D eigenvalue weighted by molar-refractivity contribution is 7.22. The molecule has 2 aromatic rings. The van der Waals surface area contributed by atoms with Crippen molar-refractivity contribution in [2.24, 2.45) is 0 Å². The van der Waals surface area contributed by atoms with Gasteiger partial charge in [-0.15, -0.1) is 22.7 Å². The summed E-state index contributed by atoms with van der Waals surface area (Å²) in [6.07, 6.45) is 3.90. The first-order valence-electron chi connectivity index (χ1n) is 23.8. The number of hydrogen-bond acceptors (Lipinski definition) is 14. The summed E-state index contributed by atoms with van der Waals surface area (Å²) in [7, 11) is 0. The molecule has 0 saturated carbocycles. The van der Waals surface area contributed by atoms with Gasteiger partial charge < -0.3 is 67.3 Å². The molecular formula is C50H62IN7O6S2. The average Bonchev–Trinajstić information content (AvgIpc) is 3.36. The first-order valence-corrected chi connectivity index (χ1v) is 25.5. The fraction of sp³-hybridized carbons (Fsp3) is 0.520. The van der Waals surface area contributed by atoms with Crippen LogP contribution < -0.4 is 58.9 Å². The molecule has 0 amide bonds. The van der Waals surface area contributed by atoms with Crippen LogP contribution in [0.3, 0.4) is 0 Å². The van der Waals surface area contributed by atoms with Gasteiger partial charge in [-0.05, 0) is 61.4 Å². The second-order valence-corrected chi connectivity index (χ2v) is 19.5. The molecular weight excluding hydrogens is 986 g/mol. The Labute approximate surface area is 412 Å². The summed E-state index contributed by atoms with van der Waals surface area (Å²) in [5.41, 5.74) is 11.2. The van der Waals surface area contributed by atoms with Crippen LogP contribution >= 0.6 is 22.7 Å². The number of rotatable bonds is 8. The number of morpholine rings is 5. The van der Waals surface area contributed by atoms with Crippen LogP contribution in [0.5, 0.6) is 0 Å². The highest BCUT2D eigenvalue weighted by Crippen LogP contribution is 2.40. The standard InChI is InChI=1S/C27H35N4O3S.C23H27N3O3S.HI/c1-2-3-20-18-23-27(26(31-10-16-34-17-11-31)25(20)30-8-14-33-15-9-30)35-24-19-21(4-5-22(24)28-23)29-6-12-32-13-7-29;1-2-3-16-14-19-23(21(22(16)27)26-8-12-29-13-9-26)30-20-15-17(4-5-18(20)24-19)25-6-10-28-11-7-25;/h4-5,18-19H,2-3,6-17H2,1H3;4-5,14-15H,2-3,6-13H2,1H3;1H/q+1;;/p-1. The fourth-order valence-corrected chi connectivity index (χ4v) is 12.1. The minimum absolute atomic E-state index is 0. The number of halogens is 1. The molecule has 0 spiro atoms. The fourth-order valence-electron chi connectivity index (χ4n) is 9.80. The minimum atomic E-state index is 0. The van der Waals surface area contributed by atoms with Crippen LogP contribution in [-0.2, 0) is 36.5 Å². The lowest BCUT2D eigenvalue weighted by molar-refractivity contribution is -0.0000167. The second kappa shape index (κ2) is 22.1. The average molecular weight is 1050 g/mol. The zero-order valence-electron chi connectivity index (χ0n) is 38.4. The van der Waals surface area contributed by atoms with Crippen molar-refractivity contribution in [1.82, 2.24) is 14.5 Å². The molecule has 13 nitrogen and oxygen atoms in total. The van der Waals surface area contributed by atoms with Crippen molar-refractivity contribution in [2.75, 3.05) is 151 Å². The van der Waals surface area contributed by atoms with Gasteiger partial charge in [-0.1, -0.05) is 26.7 Å². The summed E-state index contributed by atoms with van der Waals surface area (Å²) < 4.78 is 33.0.